The fourth-order valence-corrected chi connectivity index (χ4v) is 5.10. The van der Waals surface area contributed by atoms with Crippen molar-refractivity contribution in [3.8, 4) is 5.75 Å². The topological polar surface area (TPSA) is 83.9 Å². The number of carboxylic acid groups (broad SMARTS) is 1. The SMILES string of the molecule is COc1cc(S(=O)(=O)N2CC3(CC3)c3ccccc32)ccc1C(=O)O. The second-order valence-electron chi connectivity index (χ2n) is 6.48. The number of fused-ring (bicyclic) bond motifs is 2. The first-order valence-electron chi connectivity index (χ1n) is 7.93. The molecule has 7 heteroatoms. The highest BCUT2D eigenvalue weighted by Crippen LogP contribution is 2.57. The maximum Gasteiger partial charge on any atom is 0.339 e. The number of rotatable bonds is 4. The van der Waals surface area contributed by atoms with Crippen molar-refractivity contribution in [1.29, 1.82) is 0 Å². The molecule has 1 N–H and O–H groups in total. The minimum absolute atomic E-state index is 0.0295. The first-order valence-corrected chi connectivity index (χ1v) is 9.37. The standard InChI is InChI=1S/C18H17NO5S/c1-24-16-10-12(6-7-13(16)17(20)21)25(22,23)19-11-18(8-9-18)14-4-2-3-5-15(14)19/h2-7,10H,8-9,11H2,1H3,(H,20,21). The van der Waals surface area contributed by atoms with Gasteiger partial charge in [-0.05, 0) is 36.6 Å². The van der Waals surface area contributed by atoms with Crippen molar-refractivity contribution in [2.45, 2.75) is 23.2 Å². The maximum atomic E-state index is 13.2. The van der Waals surface area contributed by atoms with E-state index in [0.717, 1.165) is 18.4 Å². The molecule has 130 valence electrons. The minimum Gasteiger partial charge on any atom is -0.496 e. The molecule has 1 heterocycles. The summed E-state index contributed by atoms with van der Waals surface area (Å²) in [5.41, 5.74) is 1.66. The van der Waals surface area contributed by atoms with Gasteiger partial charge in [0.15, 0.2) is 0 Å². The molecule has 0 bridgehead atoms. The Labute approximate surface area is 145 Å². The number of para-hydroxylation sites is 1. The van der Waals surface area contributed by atoms with E-state index in [1.54, 1.807) is 0 Å². The number of ether oxygens (including phenoxy) is 1. The summed E-state index contributed by atoms with van der Waals surface area (Å²) in [6, 6.07) is 11.4. The first-order chi connectivity index (χ1) is 11.9. The number of carbonyl (C=O) groups is 1. The number of methoxy groups -OCH3 is 1. The van der Waals surface area contributed by atoms with Crippen molar-refractivity contribution in [2.24, 2.45) is 0 Å². The molecular weight excluding hydrogens is 342 g/mol. The minimum atomic E-state index is -3.80. The summed E-state index contributed by atoms with van der Waals surface area (Å²) in [5, 5.41) is 9.17. The van der Waals surface area contributed by atoms with Gasteiger partial charge in [0.2, 0.25) is 0 Å². The summed E-state index contributed by atoms with van der Waals surface area (Å²) in [6.45, 7) is 0.428. The van der Waals surface area contributed by atoms with E-state index in [9.17, 15) is 13.2 Å². The fraction of sp³-hybridized carbons (Fsp3) is 0.278. The predicted octanol–water partition coefficient (Wildman–Crippen LogP) is 2.63. The number of anilines is 1. The average Bonchev–Trinajstić information content (AvgIpc) is 3.31. The largest absolute Gasteiger partial charge is 0.496 e. The van der Waals surface area contributed by atoms with E-state index in [0.29, 0.717) is 12.2 Å². The van der Waals surface area contributed by atoms with Gasteiger partial charge in [-0.3, -0.25) is 4.31 Å². The Bertz CT molecular complexity index is 979. The molecule has 0 aromatic heterocycles. The zero-order valence-electron chi connectivity index (χ0n) is 13.6. The number of hydrogen-bond acceptors (Lipinski definition) is 4. The maximum absolute atomic E-state index is 13.2. The Morgan fingerprint density at radius 3 is 2.56 bits per heavy atom. The van der Waals surface area contributed by atoms with Gasteiger partial charge < -0.3 is 9.84 Å². The monoisotopic (exact) mass is 359 g/mol. The van der Waals surface area contributed by atoms with Crippen LogP contribution in [0.15, 0.2) is 47.4 Å². The van der Waals surface area contributed by atoms with Crippen LogP contribution >= 0.6 is 0 Å². The second kappa shape index (κ2) is 5.23. The van der Waals surface area contributed by atoms with Gasteiger partial charge in [-0.1, -0.05) is 18.2 Å². The molecule has 0 saturated heterocycles. The lowest BCUT2D eigenvalue weighted by atomic mass is 9.99. The third-order valence-corrected chi connectivity index (χ3v) is 6.79. The predicted molar refractivity (Wildman–Crippen MR) is 91.8 cm³/mol. The van der Waals surface area contributed by atoms with Crippen LogP contribution in [0.3, 0.4) is 0 Å². The second-order valence-corrected chi connectivity index (χ2v) is 8.34. The molecule has 2 aromatic rings. The van der Waals surface area contributed by atoms with Gasteiger partial charge >= 0.3 is 5.97 Å². The smallest absolute Gasteiger partial charge is 0.339 e. The van der Waals surface area contributed by atoms with Crippen LogP contribution in [0.4, 0.5) is 5.69 Å². The molecule has 0 atom stereocenters. The molecule has 4 rings (SSSR count). The molecule has 1 fully saturated rings. The summed E-state index contributed by atoms with van der Waals surface area (Å²) in [7, 11) is -2.48. The molecule has 1 saturated carbocycles. The molecule has 0 amide bonds. The zero-order valence-corrected chi connectivity index (χ0v) is 14.4. The van der Waals surface area contributed by atoms with E-state index in [1.807, 2.05) is 24.3 Å². The summed E-state index contributed by atoms with van der Waals surface area (Å²) in [6.07, 6.45) is 1.97. The van der Waals surface area contributed by atoms with Crippen molar-refractivity contribution in [3.63, 3.8) is 0 Å². The van der Waals surface area contributed by atoms with Crippen molar-refractivity contribution in [3.05, 3.63) is 53.6 Å². The first kappa shape index (κ1) is 16.0. The number of nitrogens with zero attached hydrogens (tertiary/aromatic N) is 1. The van der Waals surface area contributed by atoms with Crippen LogP contribution in [0.2, 0.25) is 0 Å². The van der Waals surface area contributed by atoms with Crippen LogP contribution in [-0.2, 0) is 15.4 Å². The number of hydrogen-bond donors (Lipinski definition) is 1. The van der Waals surface area contributed by atoms with Crippen molar-refractivity contribution < 1.29 is 23.1 Å². The molecule has 2 aliphatic rings. The van der Waals surface area contributed by atoms with Crippen LogP contribution in [-0.4, -0.2) is 33.1 Å². The number of benzene rings is 2. The Kier molecular flexibility index (Phi) is 3.34. The summed E-state index contributed by atoms with van der Waals surface area (Å²) < 4.78 is 32.9. The normalized spacial score (nSPS) is 17.4. The number of carboxylic acids is 1. The van der Waals surface area contributed by atoms with Gasteiger partial charge in [0.25, 0.3) is 10.0 Å². The highest BCUT2D eigenvalue weighted by atomic mass is 32.2. The van der Waals surface area contributed by atoms with Crippen LogP contribution in [0.5, 0.6) is 5.75 Å². The molecule has 2 aromatic carbocycles. The van der Waals surface area contributed by atoms with Gasteiger partial charge in [-0.15, -0.1) is 0 Å². The summed E-state index contributed by atoms with van der Waals surface area (Å²) >= 11 is 0. The molecule has 1 spiro atoms. The van der Waals surface area contributed by atoms with E-state index in [2.05, 4.69) is 0 Å². The highest BCUT2D eigenvalue weighted by molar-refractivity contribution is 7.92. The highest BCUT2D eigenvalue weighted by Gasteiger charge is 2.54. The molecule has 1 aliphatic carbocycles. The van der Waals surface area contributed by atoms with Gasteiger partial charge in [-0.2, -0.15) is 0 Å². The van der Waals surface area contributed by atoms with E-state index < -0.39 is 16.0 Å². The quantitative estimate of drug-likeness (QED) is 0.907. The third-order valence-electron chi connectivity index (χ3n) is 5.04. The number of aromatic carboxylic acids is 1. The summed E-state index contributed by atoms with van der Waals surface area (Å²) in [4.78, 5) is 11.2. The van der Waals surface area contributed by atoms with Crippen molar-refractivity contribution >= 4 is 21.7 Å². The van der Waals surface area contributed by atoms with Gasteiger partial charge in [0.05, 0.1) is 17.7 Å². The van der Waals surface area contributed by atoms with Crippen LogP contribution < -0.4 is 9.04 Å². The molecule has 6 nitrogen and oxygen atoms in total. The van der Waals surface area contributed by atoms with E-state index >= 15 is 0 Å². The Morgan fingerprint density at radius 2 is 1.92 bits per heavy atom. The van der Waals surface area contributed by atoms with Crippen molar-refractivity contribution in [1.82, 2.24) is 0 Å². The van der Waals surface area contributed by atoms with Crippen LogP contribution in [0, 0.1) is 0 Å². The van der Waals surface area contributed by atoms with Gasteiger partial charge in [0, 0.05) is 18.0 Å². The van der Waals surface area contributed by atoms with E-state index in [4.69, 9.17) is 9.84 Å². The Hall–Kier alpha value is -2.54. The van der Waals surface area contributed by atoms with Crippen LogP contribution in [0.25, 0.3) is 0 Å². The Morgan fingerprint density at radius 1 is 1.20 bits per heavy atom. The molecular formula is C18H17NO5S. The fourth-order valence-electron chi connectivity index (χ4n) is 3.51. The van der Waals surface area contributed by atoms with Crippen molar-refractivity contribution in [2.75, 3.05) is 18.0 Å². The lowest BCUT2D eigenvalue weighted by Gasteiger charge is -2.20. The summed E-state index contributed by atoms with van der Waals surface area (Å²) in [5.74, 6) is -1.13. The van der Waals surface area contributed by atoms with E-state index in [-0.39, 0.29) is 21.6 Å². The average molecular weight is 359 g/mol. The Balaban J connectivity index is 1.80. The third kappa shape index (κ3) is 2.30. The molecule has 1 aliphatic heterocycles. The molecule has 0 radical (unpaired) electrons. The lowest BCUT2D eigenvalue weighted by Crippen LogP contribution is -2.31. The molecule has 25 heavy (non-hydrogen) atoms. The number of sulfonamides is 1. The van der Waals surface area contributed by atoms with Gasteiger partial charge in [0.1, 0.15) is 11.3 Å². The van der Waals surface area contributed by atoms with Gasteiger partial charge in [-0.25, -0.2) is 13.2 Å². The van der Waals surface area contributed by atoms with Crippen LogP contribution in [0.1, 0.15) is 28.8 Å². The van der Waals surface area contributed by atoms with E-state index in [1.165, 1.54) is 29.6 Å². The lowest BCUT2D eigenvalue weighted by molar-refractivity contribution is 0.0693. The molecule has 0 unspecified atom stereocenters. The zero-order chi connectivity index (χ0) is 17.8.